The Balaban J connectivity index is 3.79. The summed E-state index contributed by atoms with van der Waals surface area (Å²) in [6.07, 6.45) is 34.9. The van der Waals surface area contributed by atoms with Crippen molar-refractivity contribution in [2.75, 3.05) is 27.2 Å². The van der Waals surface area contributed by atoms with Crippen LogP contribution in [0.5, 0.6) is 0 Å². The summed E-state index contributed by atoms with van der Waals surface area (Å²) in [7, 11) is 2.95. The van der Waals surface area contributed by atoms with Crippen LogP contribution in [0, 0.1) is 0 Å². The fraction of sp³-hybridized carbons (Fsp3) is 0.433. The summed E-state index contributed by atoms with van der Waals surface area (Å²) in [5, 5.41) is 2.62. The highest BCUT2D eigenvalue weighted by Gasteiger charge is 2.07. The number of esters is 1. The van der Waals surface area contributed by atoms with Crippen LogP contribution in [0.3, 0.4) is 0 Å². The first-order chi connectivity index (χ1) is 17.5. The number of carbonyl (C=O) groups is 3. The van der Waals surface area contributed by atoms with Gasteiger partial charge in [-0.25, -0.2) is 4.79 Å². The van der Waals surface area contributed by atoms with Crippen LogP contribution < -0.4 is 5.32 Å². The molecule has 0 saturated carbocycles. The maximum atomic E-state index is 12.1. The summed E-state index contributed by atoms with van der Waals surface area (Å²) in [5.74, 6) is -0.972. The molecule has 198 valence electrons. The van der Waals surface area contributed by atoms with E-state index in [-0.39, 0.29) is 5.91 Å². The number of allylic oxidation sites excluding steroid dienone is 12. The molecule has 0 saturated heterocycles. The number of hydrogen-bond acceptors (Lipinski definition) is 4. The van der Waals surface area contributed by atoms with Gasteiger partial charge < -0.3 is 15.0 Å². The van der Waals surface area contributed by atoms with Crippen molar-refractivity contribution in [2.45, 2.75) is 58.3 Å². The van der Waals surface area contributed by atoms with E-state index in [2.05, 4.69) is 83.8 Å². The minimum absolute atomic E-state index is 0.0221. The van der Waals surface area contributed by atoms with Gasteiger partial charge in [-0.3, -0.25) is 9.59 Å². The van der Waals surface area contributed by atoms with Crippen LogP contribution >= 0.6 is 0 Å². The number of amides is 2. The highest BCUT2D eigenvalue weighted by molar-refractivity contribution is 5.94. The fourth-order valence-corrected chi connectivity index (χ4v) is 2.78. The second-order valence-electron chi connectivity index (χ2n) is 7.92. The largest absolute Gasteiger partial charge is 0.466 e. The third-order valence-electron chi connectivity index (χ3n) is 4.87. The highest BCUT2D eigenvalue weighted by Crippen LogP contribution is 1.99. The third kappa shape index (κ3) is 22.4. The summed E-state index contributed by atoms with van der Waals surface area (Å²) >= 11 is 0. The van der Waals surface area contributed by atoms with Crippen LogP contribution in [-0.4, -0.2) is 49.9 Å². The molecule has 0 unspecified atom stereocenters. The first-order valence-corrected chi connectivity index (χ1v) is 12.7. The second kappa shape index (κ2) is 24.7. The predicted molar refractivity (Wildman–Crippen MR) is 149 cm³/mol. The van der Waals surface area contributed by atoms with E-state index in [0.717, 1.165) is 50.7 Å². The molecular weight excluding hydrogens is 452 g/mol. The summed E-state index contributed by atoms with van der Waals surface area (Å²) in [6, 6.07) is 0. The van der Waals surface area contributed by atoms with E-state index >= 15 is 0 Å². The zero-order valence-corrected chi connectivity index (χ0v) is 22.2. The number of likely N-dealkylation sites (N-methyl/N-ethyl adjacent to an activating group) is 1. The Morgan fingerprint density at radius 3 is 1.67 bits per heavy atom. The summed E-state index contributed by atoms with van der Waals surface area (Å²) < 4.78 is 4.41. The van der Waals surface area contributed by atoms with E-state index < -0.39 is 11.9 Å². The Bertz CT molecular complexity index is 817. The topological polar surface area (TPSA) is 75.7 Å². The second-order valence-corrected chi connectivity index (χ2v) is 7.92. The summed E-state index contributed by atoms with van der Waals surface area (Å²) in [5.41, 5.74) is 0. The lowest BCUT2D eigenvalue weighted by atomic mass is 10.2. The molecule has 0 aliphatic heterocycles. The van der Waals surface area contributed by atoms with Crippen LogP contribution in [0.15, 0.2) is 85.1 Å². The quantitative estimate of drug-likeness (QED) is 0.140. The van der Waals surface area contributed by atoms with E-state index in [0.29, 0.717) is 25.9 Å². The van der Waals surface area contributed by atoms with Gasteiger partial charge in [-0.2, -0.15) is 0 Å². The lowest BCUT2D eigenvalue weighted by molar-refractivity contribution is -0.135. The van der Waals surface area contributed by atoms with Crippen molar-refractivity contribution in [1.29, 1.82) is 0 Å². The summed E-state index contributed by atoms with van der Waals surface area (Å²) in [4.78, 5) is 36.2. The van der Waals surface area contributed by atoms with Gasteiger partial charge in [0.2, 0.25) is 11.8 Å². The van der Waals surface area contributed by atoms with Gasteiger partial charge in [0.05, 0.1) is 7.11 Å². The van der Waals surface area contributed by atoms with Crippen LogP contribution in [0.4, 0.5) is 0 Å². The molecule has 0 aromatic rings. The molecule has 0 aliphatic carbocycles. The predicted octanol–water partition coefficient (Wildman–Crippen LogP) is 5.77. The van der Waals surface area contributed by atoms with Gasteiger partial charge in [0.1, 0.15) is 0 Å². The Labute approximate surface area is 217 Å². The lowest BCUT2D eigenvalue weighted by Crippen LogP contribution is -2.35. The maximum Gasteiger partial charge on any atom is 0.330 e. The molecule has 0 heterocycles. The molecule has 0 aromatic carbocycles. The molecule has 0 rings (SSSR count). The molecular formula is C30H44N2O4. The van der Waals surface area contributed by atoms with E-state index in [1.165, 1.54) is 7.11 Å². The van der Waals surface area contributed by atoms with Crippen LogP contribution in [0.1, 0.15) is 58.3 Å². The minimum Gasteiger partial charge on any atom is -0.466 e. The van der Waals surface area contributed by atoms with Crippen molar-refractivity contribution >= 4 is 17.8 Å². The maximum absolute atomic E-state index is 12.1. The Morgan fingerprint density at radius 1 is 0.722 bits per heavy atom. The average molecular weight is 497 g/mol. The number of nitrogens with one attached hydrogen (secondary N) is 1. The highest BCUT2D eigenvalue weighted by atomic mass is 16.5. The lowest BCUT2D eigenvalue weighted by Gasteiger charge is -2.16. The summed E-state index contributed by atoms with van der Waals surface area (Å²) in [6.45, 7) is 2.86. The first-order valence-electron chi connectivity index (χ1n) is 12.7. The molecule has 6 heteroatoms. The zero-order chi connectivity index (χ0) is 26.7. The van der Waals surface area contributed by atoms with Crippen molar-refractivity contribution in [2.24, 2.45) is 0 Å². The van der Waals surface area contributed by atoms with Crippen LogP contribution in [-0.2, 0) is 19.1 Å². The van der Waals surface area contributed by atoms with Crippen LogP contribution in [0.2, 0.25) is 0 Å². The van der Waals surface area contributed by atoms with Gasteiger partial charge in [-0.1, -0.05) is 79.8 Å². The van der Waals surface area contributed by atoms with E-state index in [9.17, 15) is 14.4 Å². The molecule has 36 heavy (non-hydrogen) atoms. The number of carbonyl (C=O) groups excluding carboxylic acids is 3. The Kier molecular flexibility index (Phi) is 22.4. The van der Waals surface area contributed by atoms with Gasteiger partial charge in [-0.15, -0.1) is 0 Å². The van der Waals surface area contributed by atoms with Gasteiger partial charge in [0.25, 0.3) is 0 Å². The number of rotatable bonds is 19. The van der Waals surface area contributed by atoms with Crippen molar-refractivity contribution in [1.82, 2.24) is 10.2 Å². The number of nitrogens with zero attached hydrogens (tertiary/aromatic N) is 1. The number of hydrogen-bond donors (Lipinski definition) is 1. The number of methoxy groups -OCH3 is 1. The molecule has 0 radical (unpaired) electrons. The normalized spacial score (nSPS) is 12.4. The van der Waals surface area contributed by atoms with Gasteiger partial charge in [-0.05, 0) is 44.9 Å². The Hall–Kier alpha value is -3.41. The van der Waals surface area contributed by atoms with Crippen LogP contribution in [0.25, 0.3) is 0 Å². The van der Waals surface area contributed by atoms with Crippen molar-refractivity contribution < 1.29 is 19.1 Å². The van der Waals surface area contributed by atoms with Crippen molar-refractivity contribution in [3.63, 3.8) is 0 Å². The van der Waals surface area contributed by atoms with Gasteiger partial charge >= 0.3 is 5.97 Å². The molecule has 0 bridgehead atoms. The Morgan fingerprint density at radius 2 is 1.19 bits per heavy atom. The monoisotopic (exact) mass is 496 g/mol. The third-order valence-corrected chi connectivity index (χ3v) is 4.87. The molecule has 0 aliphatic rings. The molecule has 6 nitrogen and oxygen atoms in total. The smallest absolute Gasteiger partial charge is 0.330 e. The zero-order valence-electron chi connectivity index (χ0n) is 22.2. The molecule has 0 atom stereocenters. The molecule has 2 amide bonds. The molecule has 0 spiro atoms. The van der Waals surface area contributed by atoms with Gasteiger partial charge in [0, 0.05) is 38.7 Å². The van der Waals surface area contributed by atoms with Crippen molar-refractivity contribution in [3.05, 3.63) is 85.1 Å². The van der Waals surface area contributed by atoms with Gasteiger partial charge in [0.15, 0.2) is 0 Å². The molecule has 0 fully saturated rings. The van der Waals surface area contributed by atoms with Crippen molar-refractivity contribution in [3.8, 4) is 0 Å². The standard InChI is InChI=1S/C30H44N2O4/c1-4-5-6-7-8-9-10-11-12-13-14-15-16-17-18-19-20-21-22-23-29(34)32(2)27-26-31-28(33)24-25-30(35)36-3/h5-6,8-9,11-12,14-15,17-18,20-21,24-25H,4,7,10,13,16,19,22-23,26-27H2,1-3H3,(H,31,33)/b6-5-,9-8-,12-11-,15-14-,18-17-,21-20-,25-24+. The molecule has 1 N–H and O–H groups in total. The molecule has 0 aromatic heterocycles. The first kappa shape index (κ1) is 32.6. The minimum atomic E-state index is -0.591. The number of ether oxygens (including phenoxy) is 1. The van der Waals surface area contributed by atoms with E-state index in [1.54, 1.807) is 11.9 Å². The van der Waals surface area contributed by atoms with E-state index in [1.807, 2.05) is 6.08 Å². The van der Waals surface area contributed by atoms with E-state index in [4.69, 9.17) is 0 Å². The fourth-order valence-electron chi connectivity index (χ4n) is 2.78. The average Bonchev–Trinajstić information content (AvgIpc) is 2.88. The SMILES string of the molecule is CC/C=C\C/C=C\C/C=C\C/C=C\C/C=C\C/C=C\CCC(=O)N(C)CCNC(=O)/C=C/C(=O)OC.